The van der Waals surface area contributed by atoms with Crippen molar-refractivity contribution in [3.05, 3.63) is 95.9 Å². The fraction of sp³-hybridized carbons (Fsp3) is 0.250. The Kier molecular flexibility index (Phi) is 5.65. The summed E-state index contributed by atoms with van der Waals surface area (Å²) in [5.74, 6) is -0.360. The number of hydrogen-bond donors (Lipinski definition) is 1. The number of rotatable bonds is 6. The Morgan fingerprint density at radius 1 is 1.06 bits per heavy atom. The van der Waals surface area contributed by atoms with E-state index in [0.717, 1.165) is 28.5 Å². The Morgan fingerprint density at radius 3 is 2.59 bits per heavy atom. The predicted octanol–water partition coefficient (Wildman–Crippen LogP) is 5.17. The molecule has 2 aromatic heterocycles. The van der Waals surface area contributed by atoms with Crippen LogP contribution in [0.2, 0.25) is 0 Å². The van der Waals surface area contributed by atoms with E-state index < -0.39 is 6.04 Å². The number of hydrogen-bond acceptors (Lipinski definition) is 3. The monoisotopic (exact) mass is 452 g/mol. The number of carbonyl (C=O) groups is 2. The van der Waals surface area contributed by atoms with E-state index in [9.17, 15) is 9.59 Å². The average molecular weight is 453 g/mol. The van der Waals surface area contributed by atoms with Crippen molar-refractivity contribution in [3.63, 3.8) is 0 Å². The molecule has 1 N–H and O–H groups in total. The van der Waals surface area contributed by atoms with Gasteiger partial charge in [-0.1, -0.05) is 56.7 Å². The number of nitrogens with one attached hydrogen (secondary N) is 1. The van der Waals surface area contributed by atoms with Gasteiger partial charge in [-0.3, -0.25) is 14.6 Å². The molecule has 3 heterocycles. The second-order valence-electron chi connectivity index (χ2n) is 8.98. The van der Waals surface area contributed by atoms with E-state index >= 15 is 0 Å². The molecule has 6 nitrogen and oxygen atoms in total. The van der Waals surface area contributed by atoms with Crippen LogP contribution >= 0.6 is 0 Å². The summed E-state index contributed by atoms with van der Waals surface area (Å²) in [6.45, 7) is 4.08. The van der Waals surface area contributed by atoms with Crippen molar-refractivity contribution in [3.8, 4) is 0 Å². The van der Waals surface area contributed by atoms with Crippen molar-refractivity contribution in [1.29, 1.82) is 0 Å². The van der Waals surface area contributed by atoms with Crippen LogP contribution in [0.1, 0.15) is 47.8 Å². The van der Waals surface area contributed by atoms with Gasteiger partial charge in [0.25, 0.3) is 5.91 Å². The van der Waals surface area contributed by atoms with Crippen LogP contribution in [0, 0.1) is 5.92 Å². The largest absolute Gasteiger partial charge is 0.350 e. The molecule has 34 heavy (non-hydrogen) atoms. The number of fused-ring (bicyclic) bond motifs is 2. The summed E-state index contributed by atoms with van der Waals surface area (Å²) in [6.07, 6.45) is 6.13. The van der Waals surface area contributed by atoms with Crippen LogP contribution in [0.4, 0.5) is 5.69 Å². The van der Waals surface area contributed by atoms with Gasteiger partial charge in [-0.25, -0.2) is 0 Å². The molecule has 0 saturated carbocycles. The summed E-state index contributed by atoms with van der Waals surface area (Å²) in [7, 11) is 2.01. The molecule has 0 spiro atoms. The number of para-hydroxylation sites is 1. The van der Waals surface area contributed by atoms with Crippen molar-refractivity contribution in [2.45, 2.75) is 32.4 Å². The number of pyridine rings is 1. The normalized spacial score (nSPS) is 17.0. The minimum absolute atomic E-state index is 0.0487. The summed E-state index contributed by atoms with van der Waals surface area (Å²) < 4.78 is 2.09. The summed E-state index contributed by atoms with van der Waals surface area (Å²) >= 11 is 0. The van der Waals surface area contributed by atoms with Crippen LogP contribution in [0.15, 0.2) is 79.3 Å². The van der Waals surface area contributed by atoms with E-state index in [1.807, 2.05) is 50.4 Å². The van der Waals surface area contributed by atoms with Crippen molar-refractivity contribution in [1.82, 2.24) is 14.5 Å². The number of carbonyl (C=O) groups excluding carboxylic acids is 2. The Bertz CT molecular complexity index is 1360. The number of aromatic nitrogens is 2. The maximum atomic E-state index is 13.9. The highest BCUT2D eigenvalue weighted by Crippen LogP contribution is 2.44. The summed E-state index contributed by atoms with van der Waals surface area (Å²) in [4.78, 5) is 33.5. The molecular weight excluding hydrogens is 424 g/mol. The van der Waals surface area contributed by atoms with Crippen LogP contribution in [0.5, 0.6) is 0 Å². The van der Waals surface area contributed by atoms with Gasteiger partial charge in [0.05, 0.1) is 17.9 Å². The van der Waals surface area contributed by atoms with Gasteiger partial charge in [0, 0.05) is 41.5 Å². The molecule has 0 radical (unpaired) electrons. The quantitative estimate of drug-likeness (QED) is 0.439. The second-order valence-corrected chi connectivity index (χ2v) is 8.98. The minimum Gasteiger partial charge on any atom is -0.350 e. The van der Waals surface area contributed by atoms with Gasteiger partial charge in [-0.2, -0.15) is 0 Å². The van der Waals surface area contributed by atoms with Gasteiger partial charge in [-0.15, -0.1) is 0 Å². The standard InChI is InChI=1S/C28H28N4O2/c1-4-18(2)25(27(33)30-19-10-9-15-29-16-19)32-26(21-12-5-6-13-22(21)28(32)34)23-17-31(3)24-14-8-7-11-20(23)24/h5-18,25-26H,4H2,1-3H3,(H,30,33). The third kappa shape index (κ3) is 3.55. The van der Waals surface area contributed by atoms with Gasteiger partial charge in [-0.05, 0) is 35.7 Å². The van der Waals surface area contributed by atoms with Crippen LogP contribution in [0.25, 0.3) is 10.9 Å². The van der Waals surface area contributed by atoms with E-state index in [-0.39, 0.29) is 23.8 Å². The Morgan fingerprint density at radius 2 is 1.82 bits per heavy atom. The summed E-state index contributed by atoms with van der Waals surface area (Å²) in [5.41, 5.74) is 4.33. The molecule has 1 aliphatic rings. The third-order valence-corrected chi connectivity index (χ3v) is 6.90. The lowest BCUT2D eigenvalue weighted by Gasteiger charge is -2.36. The molecule has 0 saturated heterocycles. The highest BCUT2D eigenvalue weighted by molar-refractivity contribution is 6.05. The molecule has 172 valence electrons. The first kappa shape index (κ1) is 21.9. The smallest absolute Gasteiger partial charge is 0.255 e. The lowest BCUT2D eigenvalue weighted by Crippen LogP contribution is -2.49. The first-order valence-electron chi connectivity index (χ1n) is 11.7. The molecule has 6 heteroatoms. The molecule has 5 rings (SSSR count). The lowest BCUT2D eigenvalue weighted by atomic mass is 9.92. The SMILES string of the molecule is CCC(C)C(C(=O)Nc1cccnc1)N1C(=O)c2ccccc2C1c1cn(C)c2ccccc12. The zero-order valence-corrected chi connectivity index (χ0v) is 19.6. The second kappa shape index (κ2) is 8.78. The van der Waals surface area contributed by atoms with Gasteiger partial charge in [0.15, 0.2) is 0 Å². The molecule has 2 amide bonds. The molecule has 0 fully saturated rings. The summed E-state index contributed by atoms with van der Waals surface area (Å²) in [6, 6.07) is 18.5. The van der Waals surface area contributed by atoms with E-state index in [2.05, 4.69) is 40.1 Å². The topological polar surface area (TPSA) is 67.2 Å². The fourth-order valence-electron chi connectivity index (χ4n) is 5.07. The predicted molar refractivity (Wildman–Crippen MR) is 133 cm³/mol. The fourth-order valence-corrected chi connectivity index (χ4v) is 5.07. The highest BCUT2D eigenvalue weighted by Gasteiger charge is 2.46. The molecule has 1 aliphatic heterocycles. The minimum atomic E-state index is -0.644. The zero-order valence-electron chi connectivity index (χ0n) is 19.6. The lowest BCUT2D eigenvalue weighted by molar-refractivity contribution is -0.122. The zero-order chi connectivity index (χ0) is 23.8. The molecule has 0 bridgehead atoms. The third-order valence-electron chi connectivity index (χ3n) is 6.90. The first-order chi connectivity index (χ1) is 16.5. The van der Waals surface area contributed by atoms with Gasteiger partial charge >= 0.3 is 0 Å². The van der Waals surface area contributed by atoms with Crippen LogP contribution in [0.3, 0.4) is 0 Å². The van der Waals surface area contributed by atoms with Gasteiger partial charge < -0.3 is 14.8 Å². The highest BCUT2D eigenvalue weighted by atomic mass is 16.2. The number of aryl methyl sites for hydroxylation is 1. The molecule has 4 aromatic rings. The van der Waals surface area contributed by atoms with E-state index in [1.54, 1.807) is 29.4 Å². The van der Waals surface area contributed by atoms with Gasteiger partial charge in [0.2, 0.25) is 5.91 Å². The number of amides is 2. The maximum absolute atomic E-state index is 13.9. The van der Waals surface area contributed by atoms with Gasteiger partial charge in [0.1, 0.15) is 6.04 Å². The van der Waals surface area contributed by atoms with Crippen LogP contribution in [-0.4, -0.2) is 32.3 Å². The number of anilines is 1. The first-order valence-corrected chi connectivity index (χ1v) is 11.7. The Labute approximate surface area is 199 Å². The summed E-state index contributed by atoms with van der Waals surface area (Å²) in [5, 5.41) is 4.08. The number of nitrogens with zero attached hydrogens (tertiary/aromatic N) is 3. The van der Waals surface area contributed by atoms with E-state index in [4.69, 9.17) is 0 Å². The average Bonchev–Trinajstić information content (AvgIpc) is 3.34. The molecule has 3 atom stereocenters. The molecular formula is C28H28N4O2. The van der Waals surface area contributed by atoms with Crippen molar-refractivity contribution in [2.75, 3.05) is 5.32 Å². The Balaban J connectivity index is 1.66. The van der Waals surface area contributed by atoms with E-state index in [0.29, 0.717) is 11.3 Å². The molecule has 0 aliphatic carbocycles. The maximum Gasteiger partial charge on any atom is 0.255 e. The molecule has 3 unspecified atom stereocenters. The molecule has 2 aromatic carbocycles. The van der Waals surface area contributed by atoms with Crippen LogP contribution in [-0.2, 0) is 11.8 Å². The van der Waals surface area contributed by atoms with Crippen molar-refractivity contribution >= 4 is 28.4 Å². The van der Waals surface area contributed by atoms with Crippen molar-refractivity contribution < 1.29 is 9.59 Å². The van der Waals surface area contributed by atoms with Crippen molar-refractivity contribution in [2.24, 2.45) is 13.0 Å². The number of benzene rings is 2. The Hall–Kier alpha value is -3.93. The van der Waals surface area contributed by atoms with Crippen LogP contribution < -0.4 is 5.32 Å². The van der Waals surface area contributed by atoms with E-state index in [1.165, 1.54) is 0 Å².